The summed E-state index contributed by atoms with van der Waals surface area (Å²) >= 11 is 0. The summed E-state index contributed by atoms with van der Waals surface area (Å²) in [5, 5.41) is -0.365. The van der Waals surface area contributed by atoms with Crippen LogP contribution in [0.3, 0.4) is 0 Å². The van der Waals surface area contributed by atoms with Gasteiger partial charge in [-0.25, -0.2) is 0 Å². The normalized spacial score (nSPS) is 23.6. The Morgan fingerprint density at radius 2 is 1.42 bits per heavy atom. The van der Waals surface area contributed by atoms with Gasteiger partial charge in [-0.2, -0.15) is 0 Å². The van der Waals surface area contributed by atoms with Crippen LogP contribution in [0.4, 0.5) is 0 Å². The summed E-state index contributed by atoms with van der Waals surface area (Å²) in [6, 6.07) is 10.6. The van der Waals surface area contributed by atoms with Crippen molar-refractivity contribution in [3.05, 3.63) is 35.9 Å². The van der Waals surface area contributed by atoms with Crippen molar-refractivity contribution in [1.82, 2.24) is 0 Å². The van der Waals surface area contributed by atoms with Gasteiger partial charge in [0.2, 0.25) is 0 Å². The summed E-state index contributed by atoms with van der Waals surface area (Å²) in [6.45, 7) is 17.1. The Morgan fingerprint density at radius 1 is 0.923 bits per heavy atom. The zero-order valence-corrected chi connectivity index (χ0v) is 18.3. The second-order valence-electron chi connectivity index (χ2n) is 10.0. The number of unbranched alkanes of at least 4 members (excludes halogenated alkanes) is 1. The lowest BCUT2D eigenvalue weighted by molar-refractivity contribution is 0.00309. The van der Waals surface area contributed by atoms with E-state index in [0.717, 1.165) is 19.3 Å². The quantitative estimate of drug-likeness (QED) is 0.579. The molecule has 0 saturated carbocycles. The monoisotopic (exact) mass is 361 g/mol. The Balaban J connectivity index is 2.64. The Kier molecular flexibility index (Phi) is 5.75. The van der Waals surface area contributed by atoms with Gasteiger partial charge in [0.1, 0.15) is 0 Å². The molecule has 1 saturated heterocycles. The second kappa shape index (κ2) is 6.96. The minimum atomic E-state index is -2.01. The van der Waals surface area contributed by atoms with Gasteiger partial charge in [0, 0.05) is 16.8 Å². The molecule has 3 nitrogen and oxygen atoms in total. The fraction of sp³-hybridized carbons (Fsp3) is 0.727. The van der Waals surface area contributed by atoms with E-state index in [1.807, 2.05) is 0 Å². The highest BCUT2D eigenvalue weighted by atomic mass is 16.8. The summed E-state index contributed by atoms with van der Waals surface area (Å²) in [5.74, 6) is 0. The van der Waals surface area contributed by atoms with Crippen LogP contribution in [0.5, 0.6) is 0 Å². The van der Waals surface area contributed by atoms with Gasteiger partial charge in [0.25, 0.3) is 0 Å². The van der Waals surface area contributed by atoms with Crippen LogP contribution < -0.4 is 0 Å². The molecule has 0 radical (unpaired) electrons. The molecule has 148 valence electrons. The van der Waals surface area contributed by atoms with Gasteiger partial charge in [0.05, 0.1) is 0 Å². The first-order valence-corrected chi connectivity index (χ1v) is 10.1. The summed E-state index contributed by atoms with van der Waals surface area (Å²) < 4.78 is 20.2. The van der Waals surface area contributed by atoms with Crippen LogP contribution >= 0.6 is 0 Å². The molecule has 4 heteroatoms. The van der Waals surface area contributed by atoms with Crippen LogP contribution in [0, 0.1) is 0 Å². The van der Waals surface area contributed by atoms with Crippen LogP contribution in [0.2, 0.25) is 0 Å². The van der Waals surface area contributed by atoms with Crippen molar-refractivity contribution in [2.24, 2.45) is 0 Å². The molecule has 1 aliphatic rings. The van der Waals surface area contributed by atoms with Gasteiger partial charge in [-0.1, -0.05) is 74.3 Å². The lowest BCUT2D eigenvalue weighted by Gasteiger charge is -2.55. The van der Waals surface area contributed by atoms with Gasteiger partial charge >= 0.3 is 6.75 Å². The molecular formula is C22H38BO3-. The van der Waals surface area contributed by atoms with Gasteiger partial charge in [-0.15, -0.1) is 0 Å². The van der Waals surface area contributed by atoms with E-state index in [1.54, 1.807) is 0 Å². The highest BCUT2D eigenvalue weighted by Crippen LogP contribution is 2.52. The molecule has 0 amide bonds. The molecule has 0 aliphatic carbocycles. The smallest absolute Gasteiger partial charge is 0.390 e. The first-order valence-electron chi connectivity index (χ1n) is 10.1. The Hall–Kier alpha value is -0.835. The maximum atomic E-state index is 6.76. The maximum Gasteiger partial charge on any atom is 0.390 e. The van der Waals surface area contributed by atoms with Crippen LogP contribution in [-0.4, -0.2) is 23.6 Å². The summed E-state index contributed by atoms with van der Waals surface area (Å²) in [4.78, 5) is 0. The number of hydrogen-bond donors (Lipinski definition) is 0. The minimum Gasteiger partial charge on any atom is -0.540 e. The predicted molar refractivity (Wildman–Crippen MR) is 110 cm³/mol. The van der Waals surface area contributed by atoms with Crippen molar-refractivity contribution in [1.29, 1.82) is 0 Å². The third-order valence-electron chi connectivity index (χ3n) is 6.12. The Labute approximate surface area is 160 Å². The SMILES string of the molecule is CCCCC(C)(c1ccccc1)[B-]1(OC(C)(C)C)OC(C)(C)C(C)(C)O1. The molecule has 0 bridgehead atoms. The fourth-order valence-corrected chi connectivity index (χ4v) is 3.88. The second-order valence-corrected chi connectivity index (χ2v) is 10.0. The van der Waals surface area contributed by atoms with Crippen molar-refractivity contribution >= 4 is 6.75 Å². The van der Waals surface area contributed by atoms with Crippen molar-refractivity contribution in [3.63, 3.8) is 0 Å². The molecule has 0 N–H and O–H groups in total. The minimum absolute atomic E-state index is 0.365. The molecule has 1 fully saturated rings. The summed E-state index contributed by atoms with van der Waals surface area (Å²) in [6.07, 6.45) is 3.17. The molecule has 26 heavy (non-hydrogen) atoms. The number of rotatable bonds is 6. The molecule has 1 heterocycles. The van der Waals surface area contributed by atoms with E-state index in [1.165, 1.54) is 5.56 Å². The lowest BCUT2D eigenvalue weighted by Crippen LogP contribution is -2.62. The molecule has 0 spiro atoms. The molecular weight excluding hydrogens is 323 g/mol. The molecule has 1 aromatic carbocycles. The van der Waals surface area contributed by atoms with E-state index in [0.29, 0.717) is 0 Å². The topological polar surface area (TPSA) is 27.7 Å². The average Bonchev–Trinajstić information content (AvgIpc) is 2.69. The standard InChI is InChI=1S/C22H38BO3/c1-10-11-17-22(9,18-15-13-12-14-16-18)23(24-19(2,3)4)25-20(5,6)21(7,8)26-23/h12-16H,10-11,17H2,1-9H3/q-1. The van der Waals surface area contributed by atoms with Crippen molar-refractivity contribution in [3.8, 4) is 0 Å². The number of hydrogen-bond acceptors (Lipinski definition) is 3. The van der Waals surface area contributed by atoms with Crippen LogP contribution in [0.1, 0.15) is 87.1 Å². The van der Waals surface area contributed by atoms with E-state index in [4.69, 9.17) is 14.0 Å². The first-order chi connectivity index (χ1) is 11.8. The van der Waals surface area contributed by atoms with Gasteiger partial charge in [0.15, 0.2) is 0 Å². The predicted octanol–water partition coefficient (Wildman–Crippen LogP) is 6.03. The largest absolute Gasteiger partial charge is 0.540 e. The van der Waals surface area contributed by atoms with E-state index in [-0.39, 0.29) is 10.9 Å². The molecule has 2 rings (SSSR count). The number of benzene rings is 1. The van der Waals surface area contributed by atoms with E-state index < -0.39 is 18.0 Å². The van der Waals surface area contributed by atoms with Crippen LogP contribution in [-0.2, 0) is 19.3 Å². The third kappa shape index (κ3) is 3.88. The van der Waals surface area contributed by atoms with Gasteiger partial charge < -0.3 is 14.0 Å². The average molecular weight is 361 g/mol. The fourth-order valence-electron chi connectivity index (χ4n) is 3.88. The lowest BCUT2D eigenvalue weighted by atomic mass is 9.46. The maximum absolute atomic E-state index is 6.76. The van der Waals surface area contributed by atoms with Gasteiger partial charge in [-0.05, 0) is 48.5 Å². The summed E-state index contributed by atoms with van der Waals surface area (Å²) in [5.41, 5.74) is -0.0500. The highest BCUT2D eigenvalue weighted by Gasteiger charge is 2.61. The van der Waals surface area contributed by atoms with Crippen LogP contribution in [0.15, 0.2) is 30.3 Å². The van der Waals surface area contributed by atoms with Crippen LogP contribution in [0.25, 0.3) is 0 Å². The molecule has 1 aromatic rings. The third-order valence-corrected chi connectivity index (χ3v) is 6.12. The van der Waals surface area contributed by atoms with Crippen molar-refractivity contribution < 1.29 is 14.0 Å². The van der Waals surface area contributed by atoms with E-state index in [2.05, 4.69) is 92.6 Å². The van der Waals surface area contributed by atoms with Crippen molar-refractivity contribution in [2.75, 3.05) is 0 Å². The molecule has 1 aliphatic heterocycles. The molecule has 1 atom stereocenters. The van der Waals surface area contributed by atoms with E-state index >= 15 is 0 Å². The summed E-state index contributed by atoms with van der Waals surface area (Å²) in [7, 11) is 0. The van der Waals surface area contributed by atoms with Crippen molar-refractivity contribution in [2.45, 2.75) is 104 Å². The Morgan fingerprint density at radius 3 is 1.85 bits per heavy atom. The van der Waals surface area contributed by atoms with Gasteiger partial charge in [-0.3, -0.25) is 0 Å². The highest BCUT2D eigenvalue weighted by molar-refractivity contribution is 6.65. The van der Waals surface area contributed by atoms with E-state index in [9.17, 15) is 0 Å². The zero-order valence-electron chi connectivity index (χ0n) is 18.3. The molecule has 0 aromatic heterocycles. The Bertz CT molecular complexity index is 588. The molecule has 1 unspecified atom stereocenters. The first kappa shape index (κ1) is 21.5. The zero-order chi connectivity index (χ0) is 19.9.